The van der Waals surface area contributed by atoms with Crippen LogP contribution in [0, 0.1) is 0 Å². The van der Waals surface area contributed by atoms with Crippen molar-refractivity contribution in [3.8, 4) is 10.6 Å². The average molecular weight is 452 g/mol. The molecule has 1 heterocycles. The van der Waals surface area contributed by atoms with Gasteiger partial charge in [-0.15, -0.1) is 10.2 Å². The van der Waals surface area contributed by atoms with Crippen LogP contribution in [0.5, 0.6) is 0 Å². The van der Waals surface area contributed by atoms with Gasteiger partial charge in [-0.3, -0.25) is 14.9 Å². The van der Waals surface area contributed by atoms with Crippen LogP contribution in [0.25, 0.3) is 32.1 Å². The van der Waals surface area contributed by atoms with E-state index < -0.39 is 11.8 Å². The number of anilines is 1. The average Bonchev–Trinajstić information content (AvgIpc) is 3.32. The molecule has 0 unspecified atom stereocenters. The molecule has 2 N–H and O–H groups in total. The van der Waals surface area contributed by atoms with Crippen molar-refractivity contribution >= 4 is 56.0 Å². The molecule has 0 bridgehead atoms. The quantitative estimate of drug-likeness (QED) is 0.181. The summed E-state index contributed by atoms with van der Waals surface area (Å²) in [6, 6.07) is 27.5. The van der Waals surface area contributed by atoms with Crippen LogP contribution in [0.3, 0.4) is 0 Å². The number of nitrogens with zero attached hydrogens (tertiary/aromatic N) is 3. The molecule has 0 atom stereocenters. The third kappa shape index (κ3) is 4.32. The van der Waals surface area contributed by atoms with E-state index in [0.29, 0.717) is 5.01 Å². The second kappa shape index (κ2) is 8.97. The lowest BCUT2D eigenvalue weighted by atomic mass is 9.97. The van der Waals surface area contributed by atoms with Gasteiger partial charge in [0.05, 0.1) is 6.21 Å². The molecule has 1 aromatic heterocycles. The predicted octanol–water partition coefficient (Wildman–Crippen LogP) is 4.60. The minimum atomic E-state index is -0.896. The third-order valence-corrected chi connectivity index (χ3v) is 5.93. The molecular formula is C25H17N5O2S. The summed E-state index contributed by atoms with van der Waals surface area (Å²) in [5.74, 6) is -1.77. The van der Waals surface area contributed by atoms with Gasteiger partial charge in [-0.05, 0) is 27.6 Å². The SMILES string of the molecule is O=C(N/N=C\c1c2ccccc2cc2ccccc12)C(=O)Nc1nnc(-c2ccccc2)s1. The summed E-state index contributed by atoms with van der Waals surface area (Å²) >= 11 is 1.18. The van der Waals surface area contributed by atoms with Gasteiger partial charge in [-0.2, -0.15) is 5.10 Å². The highest BCUT2D eigenvalue weighted by molar-refractivity contribution is 7.18. The van der Waals surface area contributed by atoms with Gasteiger partial charge in [0.25, 0.3) is 0 Å². The molecule has 0 aliphatic heterocycles. The summed E-state index contributed by atoms with van der Waals surface area (Å²) in [5, 5.41) is 19.5. The number of amides is 2. The Labute approximate surface area is 192 Å². The topological polar surface area (TPSA) is 96.3 Å². The molecular weight excluding hydrogens is 434 g/mol. The van der Waals surface area contributed by atoms with Crippen LogP contribution < -0.4 is 10.7 Å². The van der Waals surface area contributed by atoms with Gasteiger partial charge in [-0.25, -0.2) is 5.43 Å². The highest BCUT2D eigenvalue weighted by Gasteiger charge is 2.16. The van der Waals surface area contributed by atoms with Crippen molar-refractivity contribution in [2.24, 2.45) is 5.10 Å². The van der Waals surface area contributed by atoms with E-state index in [1.165, 1.54) is 11.3 Å². The zero-order valence-corrected chi connectivity index (χ0v) is 18.0. The van der Waals surface area contributed by atoms with Gasteiger partial charge >= 0.3 is 11.8 Å². The zero-order chi connectivity index (χ0) is 22.6. The smallest absolute Gasteiger partial charge is 0.292 e. The summed E-state index contributed by atoms with van der Waals surface area (Å²) in [5.41, 5.74) is 4.04. The van der Waals surface area contributed by atoms with Crippen molar-refractivity contribution in [2.45, 2.75) is 0 Å². The van der Waals surface area contributed by atoms with Crippen molar-refractivity contribution in [1.29, 1.82) is 0 Å². The summed E-state index contributed by atoms with van der Waals surface area (Å²) in [6.07, 6.45) is 1.56. The van der Waals surface area contributed by atoms with Crippen LogP contribution in [0.15, 0.2) is 90.0 Å². The molecule has 5 aromatic rings. The van der Waals surface area contributed by atoms with E-state index in [4.69, 9.17) is 0 Å². The first kappa shape index (κ1) is 20.5. The summed E-state index contributed by atoms with van der Waals surface area (Å²) in [6.45, 7) is 0. The molecule has 33 heavy (non-hydrogen) atoms. The number of rotatable bonds is 4. The number of benzene rings is 4. The van der Waals surface area contributed by atoms with Crippen molar-refractivity contribution < 1.29 is 9.59 Å². The fourth-order valence-corrected chi connectivity index (χ4v) is 4.26. The molecule has 5 rings (SSSR count). The van der Waals surface area contributed by atoms with E-state index in [-0.39, 0.29) is 5.13 Å². The number of hydrogen-bond donors (Lipinski definition) is 2. The Morgan fingerprint density at radius 1 is 0.788 bits per heavy atom. The maximum Gasteiger partial charge on any atom is 0.329 e. The van der Waals surface area contributed by atoms with Crippen molar-refractivity contribution in [2.75, 3.05) is 5.32 Å². The molecule has 4 aromatic carbocycles. The lowest BCUT2D eigenvalue weighted by molar-refractivity contribution is -0.136. The molecule has 0 fully saturated rings. The van der Waals surface area contributed by atoms with Crippen molar-refractivity contribution in [1.82, 2.24) is 15.6 Å². The van der Waals surface area contributed by atoms with Gasteiger partial charge in [0.15, 0.2) is 0 Å². The fourth-order valence-electron chi connectivity index (χ4n) is 3.52. The Bertz CT molecular complexity index is 1460. The Hall–Kier alpha value is -4.43. The first-order chi connectivity index (χ1) is 16.2. The lowest BCUT2D eigenvalue weighted by Crippen LogP contribution is -2.32. The summed E-state index contributed by atoms with van der Waals surface area (Å²) < 4.78 is 0. The molecule has 0 saturated heterocycles. The molecule has 0 aliphatic carbocycles. The Kier molecular flexibility index (Phi) is 5.57. The number of nitrogens with one attached hydrogen (secondary N) is 2. The van der Waals surface area contributed by atoms with Crippen LogP contribution >= 0.6 is 11.3 Å². The molecule has 0 aliphatic rings. The number of hydrazone groups is 1. The standard InChI is InChI=1S/C25H17N5O2S/c31-22(27-25-30-29-24(33-25)16-8-2-1-3-9-16)23(32)28-26-15-21-19-12-6-4-10-17(19)14-18-11-5-7-13-20(18)21/h1-15H,(H,28,32)(H,27,30,31)/b26-15-. The van der Waals surface area contributed by atoms with Crippen LogP contribution in [-0.4, -0.2) is 28.2 Å². The van der Waals surface area contributed by atoms with Crippen LogP contribution in [0.1, 0.15) is 5.56 Å². The molecule has 2 amide bonds. The monoisotopic (exact) mass is 451 g/mol. The number of carbonyl (C=O) groups is 2. The highest BCUT2D eigenvalue weighted by atomic mass is 32.1. The minimum absolute atomic E-state index is 0.234. The van der Waals surface area contributed by atoms with Crippen LogP contribution in [0.4, 0.5) is 5.13 Å². The van der Waals surface area contributed by atoms with Gasteiger partial charge in [0.2, 0.25) is 5.13 Å². The molecule has 0 spiro atoms. The van der Waals surface area contributed by atoms with Gasteiger partial charge in [-0.1, -0.05) is 90.2 Å². The maximum absolute atomic E-state index is 12.3. The third-order valence-electron chi connectivity index (χ3n) is 5.05. The molecule has 8 heteroatoms. The van der Waals surface area contributed by atoms with E-state index in [1.807, 2.05) is 78.9 Å². The maximum atomic E-state index is 12.3. The van der Waals surface area contributed by atoms with E-state index in [2.05, 4.69) is 32.1 Å². The molecule has 7 nitrogen and oxygen atoms in total. The van der Waals surface area contributed by atoms with Crippen LogP contribution in [0.2, 0.25) is 0 Å². The molecule has 0 radical (unpaired) electrons. The molecule has 160 valence electrons. The van der Waals surface area contributed by atoms with Gasteiger partial charge in [0.1, 0.15) is 5.01 Å². The number of hydrogen-bond acceptors (Lipinski definition) is 6. The van der Waals surface area contributed by atoms with E-state index in [0.717, 1.165) is 32.7 Å². The van der Waals surface area contributed by atoms with Crippen molar-refractivity contribution in [3.63, 3.8) is 0 Å². The predicted molar refractivity (Wildman–Crippen MR) is 131 cm³/mol. The van der Waals surface area contributed by atoms with Gasteiger partial charge in [0, 0.05) is 11.1 Å². The normalized spacial score (nSPS) is 11.2. The zero-order valence-electron chi connectivity index (χ0n) is 17.2. The summed E-state index contributed by atoms with van der Waals surface area (Å²) in [4.78, 5) is 24.5. The first-order valence-electron chi connectivity index (χ1n) is 10.1. The fraction of sp³-hybridized carbons (Fsp3) is 0. The minimum Gasteiger partial charge on any atom is -0.292 e. The van der Waals surface area contributed by atoms with E-state index >= 15 is 0 Å². The number of fused-ring (bicyclic) bond motifs is 2. The Balaban J connectivity index is 1.31. The second-order valence-corrected chi connectivity index (χ2v) is 8.14. The first-order valence-corrected chi connectivity index (χ1v) is 10.9. The lowest BCUT2D eigenvalue weighted by Gasteiger charge is -2.07. The van der Waals surface area contributed by atoms with E-state index in [9.17, 15) is 9.59 Å². The largest absolute Gasteiger partial charge is 0.329 e. The van der Waals surface area contributed by atoms with Gasteiger partial charge < -0.3 is 0 Å². The van der Waals surface area contributed by atoms with E-state index in [1.54, 1.807) is 6.21 Å². The Morgan fingerprint density at radius 2 is 1.42 bits per heavy atom. The Morgan fingerprint density at radius 3 is 2.12 bits per heavy atom. The summed E-state index contributed by atoms with van der Waals surface area (Å²) in [7, 11) is 0. The highest BCUT2D eigenvalue weighted by Crippen LogP contribution is 2.27. The van der Waals surface area contributed by atoms with Crippen LogP contribution in [-0.2, 0) is 9.59 Å². The van der Waals surface area contributed by atoms with Crippen molar-refractivity contribution in [3.05, 3.63) is 90.5 Å². The number of carbonyl (C=O) groups excluding carboxylic acids is 2. The molecule has 0 saturated carbocycles. The second-order valence-electron chi connectivity index (χ2n) is 7.16. The number of aromatic nitrogens is 2.